The second-order valence-electron chi connectivity index (χ2n) is 8.04. The lowest BCUT2D eigenvalue weighted by Gasteiger charge is -2.36. The highest BCUT2D eigenvalue weighted by atomic mass is 79.9. The number of aromatic nitrogens is 4. The van der Waals surface area contributed by atoms with Gasteiger partial charge in [0.15, 0.2) is 5.43 Å². The number of para-hydroxylation sites is 2. The van der Waals surface area contributed by atoms with Crippen LogP contribution in [0, 0.1) is 5.82 Å². The molecule has 0 spiro atoms. The van der Waals surface area contributed by atoms with Crippen LogP contribution in [0.5, 0.6) is 0 Å². The SMILES string of the molecule is O=C(c1cc(=O)c2ccccc2[nH]1)N1CCC(O)(c2cn(-c3c(F)cccc3Br)nn2)CC1. The third kappa shape index (κ3) is 3.85. The van der Waals surface area contributed by atoms with Gasteiger partial charge in [0.2, 0.25) is 0 Å². The van der Waals surface area contributed by atoms with Gasteiger partial charge in [0.1, 0.15) is 28.5 Å². The molecule has 0 atom stereocenters. The monoisotopic (exact) mass is 511 g/mol. The molecule has 2 aromatic carbocycles. The summed E-state index contributed by atoms with van der Waals surface area (Å²) in [5.41, 5.74) is -0.213. The second kappa shape index (κ2) is 8.20. The van der Waals surface area contributed by atoms with Crippen molar-refractivity contribution >= 4 is 32.7 Å². The summed E-state index contributed by atoms with van der Waals surface area (Å²) < 4.78 is 16.1. The fourth-order valence-corrected chi connectivity index (χ4v) is 4.64. The zero-order chi connectivity index (χ0) is 23.2. The summed E-state index contributed by atoms with van der Waals surface area (Å²) in [6.07, 6.45) is 1.96. The maximum atomic E-state index is 14.3. The highest BCUT2D eigenvalue weighted by Crippen LogP contribution is 2.33. The Hall–Kier alpha value is -3.37. The van der Waals surface area contributed by atoms with Crippen LogP contribution in [0.15, 0.2) is 64.0 Å². The molecule has 33 heavy (non-hydrogen) atoms. The highest BCUT2D eigenvalue weighted by molar-refractivity contribution is 9.10. The Bertz CT molecular complexity index is 1400. The fourth-order valence-electron chi connectivity index (χ4n) is 4.11. The first-order valence-corrected chi connectivity index (χ1v) is 11.2. The molecule has 0 aliphatic carbocycles. The van der Waals surface area contributed by atoms with E-state index in [1.165, 1.54) is 23.0 Å². The van der Waals surface area contributed by atoms with E-state index in [0.29, 0.717) is 21.1 Å². The molecule has 0 unspecified atom stereocenters. The molecule has 168 valence electrons. The van der Waals surface area contributed by atoms with Crippen LogP contribution in [0.2, 0.25) is 0 Å². The van der Waals surface area contributed by atoms with Crippen molar-refractivity contribution in [2.24, 2.45) is 0 Å². The number of hydrogen-bond donors (Lipinski definition) is 2. The predicted molar refractivity (Wildman–Crippen MR) is 123 cm³/mol. The van der Waals surface area contributed by atoms with Gasteiger partial charge in [-0.05, 0) is 53.0 Å². The van der Waals surface area contributed by atoms with Crippen LogP contribution in [0.4, 0.5) is 4.39 Å². The molecule has 1 saturated heterocycles. The van der Waals surface area contributed by atoms with Gasteiger partial charge in [-0.2, -0.15) is 0 Å². The molecule has 1 fully saturated rings. The first kappa shape index (κ1) is 21.5. The lowest BCUT2D eigenvalue weighted by Crippen LogP contribution is -2.45. The number of nitrogens with one attached hydrogen (secondary N) is 1. The van der Waals surface area contributed by atoms with Gasteiger partial charge >= 0.3 is 0 Å². The molecule has 0 saturated carbocycles. The van der Waals surface area contributed by atoms with Gasteiger partial charge < -0.3 is 15.0 Å². The van der Waals surface area contributed by atoms with Gasteiger partial charge in [-0.15, -0.1) is 5.10 Å². The number of halogens is 2. The smallest absolute Gasteiger partial charge is 0.270 e. The van der Waals surface area contributed by atoms with E-state index in [1.807, 2.05) is 0 Å². The summed E-state index contributed by atoms with van der Waals surface area (Å²) in [6, 6.07) is 12.9. The Labute approximate surface area is 195 Å². The standard InChI is InChI=1S/C23H19BrFN5O3/c24-15-5-3-6-16(25)21(15)30-13-20(27-28-30)23(33)8-10-29(11-9-23)22(32)18-12-19(31)14-4-1-2-7-17(14)26-18/h1-7,12-13,33H,8-11H2,(H,26,31). The van der Waals surface area contributed by atoms with Crippen LogP contribution in [0.25, 0.3) is 16.6 Å². The molecule has 3 heterocycles. The second-order valence-corrected chi connectivity index (χ2v) is 8.89. The van der Waals surface area contributed by atoms with E-state index in [1.54, 1.807) is 41.3 Å². The molecule has 0 radical (unpaired) electrons. The number of amides is 1. The first-order chi connectivity index (χ1) is 15.9. The van der Waals surface area contributed by atoms with Gasteiger partial charge in [-0.25, -0.2) is 9.07 Å². The lowest BCUT2D eigenvalue weighted by molar-refractivity contribution is -0.0246. The summed E-state index contributed by atoms with van der Waals surface area (Å²) in [5.74, 6) is -0.781. The third-order valence-electron chi connectivity index (χ3n) is 5.98. The number of aromatic amines is 1. The van der Waals surface area contributed by atoms with E-state index in [4.69, 9.17) is 0 Å². The van der Waals surface area contributed by atoms with Crippen LogP contribution >= 0.6 is 15.9 Å². The number of carbonyl (C=O) groups is 1. The topological polar surface area (TPSA) is 104 Å². The Kier molecular flexibility index (Phi) is 5.34. The van der Waals surface area contributed by atoms with Crippen molar-refractivity contribution in [3.05, 3.63) is 86.6 Å². The van der Waals surface area contributed by atoms with Crippen LogP contribution in [0.1, 0.15) is 29.0 Å². The molecule has 0 bridgehead atoms. The number of likely N-dealkylation sites (tertiary alicyclic amines) is 1. The minimum Gasteiger partial charge on any atom is -0.383 e. The molecule has 1 aliphatic heterocycles. The average molecular weight is 512 g/mol. The van der Waals surface area contributed by atoms with Crippen molar-refractivity contribution in [2.75, 3.05) is 13.1 Å². The molecule has 4 aromatic rings. The number of fused-ring (bicyclic) bond motifs is 1. The van der Waals surface area contributed by atoms with Crippen LogP contribution < -0.4 is 5.43 Å². The van der Waals surface area contributed by atoms with Crippen molar-refractivity contribution in [3.63, 3.8) is 0 Å². The highest BCUT2D eigenvalue weighted by Gasteiger charge is 2.38. The maximum Gasteiger partial charge on any atom is 0.270 e. The van der Waals surface area contributed by atoms with Crippen molar-refractivity contribution < 1.29 is 14.3 Å². The minimum absolute atomic E-state index is 0.202. The fraction of sp³-hybridized carbons (Fsp3) is 0.217. The lowest BCUT2D eigenvalue weighted by atomic mass is 9.88. The normalized spacial score (nSPS) is 15.7. The van der Waals surface area contributed by atoms with Gasteiger partial charge in [-0.1, -0.05) is 23.4 Å². The number of hydrogen-bond acceptors (Lipinski definition) is 5. The molecule has 8 nitrogen and oxygen atoms in total. The first-order valence-electron chi connectivity index (χ1n) is 10.4. The average Bonchev–Trinajstić information content (AvgIpc) is 3.30. The summed E-state index contributed by atoms with van der Waals surface area (Å²) in [7, 11) is 0. The maximum absolute atomic E-state index is 14.3. The molecular formula is C23H19BrFN5O3. The minimum atomic E-state index is -1.30. The molecule has 2 aromatic heterocycles. The van der Waals surface area contributed by atoms with Gasteiger partial charge in [0.25, 0.3) is 5.91 Å². The van der Waals surface area contributed by atoms with Crippen LogP contribution in [-0.4, -0.2) is 49.0 Å². The zero-order valence-electron chi connectivity index (χ0n) is 17.3. The van der Waals surface area contributed by atoms with Crippen LogP contribution in [0.3, 0.4) is 0 Å². The number of carbonyl (C=O) groups excluding carboxylic acids is 1. The van der Waals surface area contributed by atoms with Gasteiger partial charge in [-0.3, -0.25) is 9.59 Å². The molecule has 1 aliphatic rings. The van der Waals surface area contributed by atoms with Crippen LogP contribution in [-0.2, 0) is 5.60 Å². The van der Waals surface area contributed by atoms with E-state index in [2.05, 4.69) is 31.2 Å². The number of pyridine rings is 1. The number of nitrogens with zero attached hydrogens (tertiary/aromatic N) is 4. The Balaban J connectivity index is 1.34. The Morgan fingerprint density at radius 1 is 1.15 bits per heavy atom. The summed E-state index contributed by atoms with van der Waals surface area (Å²) >= 11 is 3.31. The van der Waals surface area contributed by atoms with Crippen molar-refractivity contribution in [1.29, 1.82) is 0 Å². The van der Waals surface area contributed by atoms with E-state index < -0.39 is 11.4 Å². The van der Waals surface area contributed by atoms with E-state index in [9.17, 15) is 19.1 Å². The predicted octanol–water partition coefficient (Wildman–Crippen LogP) is 3.13. The summed E-state index contributed by atoms with van der Waals surface area (Å²) in [6.45, 7) is 0.529. The largest absolute Gasteiger partial charge is 0.383 e. The summed E-state index contributed by atoms with van der Waals surface area (Å²) in [5, 5.41) is 19.8. The number of benzene rings is 2. The molecule has 2 N–H and O–H groups in total. The number of H-pyrrole nitrogens is 1. The van der Waals surface area contributed by atoms with Crippen molar-refractivity contribution in [3.8, 4) is 5.69 Å². The van der Waals surface area contributed by atoms with Gasteiger partial charge in [0, 0.05) is 34.5 Å². The van der Waals surface area contributed by atoms with Gasteiger partial charge in [0.05, 0.1) is 6.20 Å². The summed E-state index contributed by atoms with van der Waals surface area (Å²) in [4.78, 5) is 30.0. The zero-order valence-corrected chi connectivity index (χ0v) is 18.9. The molecule has 10 heteroatoms. The number of aliphatic hydroxyl groups is 1. The molecular weight excluding hydrogens is 493 g/mol. The van der Waals surface area contributed by atoms with Crippen molar-refractivity contribution in [2.45, 2.75) is 18.4 Å². The number of rotatable bonds is 3. The van der Waals surface area contributed by atoms with E-state index >= 15 is 0 Å². The third-order valence-corrected chi connectivity index (χ3v) is 6.62. The van der Waals surface area contributed by atoms with Crippen molar-refractivity contribution in [1.82, 2.24) is 24.9 Å². The Morgan fingerprint density at radius 2 is 1.91 bits per heavy atom. The Morgan fingerprint density at radius 3 is 2.67 bits per heavy atom. The molecule has 1 amide bonds. The molecule has 5 rings (SSSR count). The van der Waals surface area contributed by atoms with E-state index in [-0.39, 0.29) is 48.6 Å². The quantitative estimate of drug-likeness (QED) is 0.439. The van der Waals surface area contributed by atoms with E-state index in [0.717, 1.165) is 0 Å². The number of piperidine rings is 1.